The Morgan fingerprint density at radius 1 is 0.833 bits per heavy atom. The number of hydrogen-bond acceptors (Lipinski definition) is 4. The normalized spacial score (nSPS) is 12.5. The maximum absolute atomic E-state index is 12.9. The van der Waals surface area contributed by atoms with E-state index in [2.05, 4.69) is 0 Å². The van der Waals surface area contributed by atoms with Crippen molar-refractivity contribution < 1.29 is 21.2 Å². The summed E-state index contributed by atoms with van der Waals surface area (Å²) in [6, 6.07) is 10.1. The van der Waals surface area contributed by atoms with Crippen molar-refractivity contribution in [1.82, 2.24) is 3.71 Å². The molecule has 0 spiro atoms. The molecule has 130 valence electrons. The van der Waals surface area contributed by atoms with Crippen molar-refractivity contribution in [2.24, 2.45) is 0 Å². The van der Waals surface area contributed by atoms with Gasteiger partial charge in [-0.3, -0.25) is 0 Å². The van der Waals surface area contributed by atoms with Gasteiger partial charge in [0.15, 0.2) is 0 Å². The van der Waals surface area contributed by atoms with Crippen LogP contribution in [0.25, 0.3) is 0 Å². The molecule has 8 heteroatoms. The fraction of sp³-hybridized carbons (Fsp3) is 0.250. The first kappa shape index (κ1) is 18.6. The number of nitrogens with zero attached hydrogens (tertiary/aromatic N) is 1. The lowest BCUT2D eigenvalue weighted by molar-refractivity contribution is 0.525. The van der Waals surface area contributed by atoms with E-state index in [0.29, 0.717) is 3.71 Å². The van der Waals surface area contributed by atoms with Crippen LogP contribution in [0, 0.1) is 5.82 Å². The lowest BCUT2D eigenvalue weighted by atomic mass is 10.1. The van der Waals surface area contributed by atoms with Crippen molar-refractivity contribution in [3.63, 3.8) is 0 Å². The first-order valence-electron chi connectivity index (χ1n) is 7.28. The molecule has 0 aromatic heterocycles. The monoisotopic (exact) mass is 371 g/mol. The zero-order valence-electron chi connectivity index (χ0n) is 13.3. The van der Waals surface area contributed by atoms with Gasteiger partial charge in [-0.05, 0) is 48.4 Å². The summed E-state index contributed by atoms with van der Waals surface area (Å²) >= 11 is 0. The Morgan fingerprint density at radius 2 is 1.25 bits per heavy atom. The molecular weight excluding hydrogens is 353 g/mol. The lowest BCUT2D eigenvalue weighted by Gasteiger charge is -2.17. The smallest absolute Gasteiger partial charge is 0.207 e. The Labute approximate surface area is 141 Å². The molecule has 0 aliphatic heterocycles. The summed E-state index contributed by atoms with van der Waals surface area (Å²) in [5, 5.41) is 0. The first-order valence-corrected chi connectivity index (χ1v) is 10.2. The van der Waals surface area contributed by atoms with Crippen LogP contribution in [0.3, 0.4) is 0 Å². The molecule has 0 saturated carbocycles. The quantitative estimate of drug-likeness (QED) is 0.783. The van der Waals surface area contributed by atoms with Gasteiger partial charge in [0.05, 0.1) is 9.79 Å². The van der Waals surface area contributed by atoms with Gasteiger partial charge in [-0.15, -0.1) is 0 Å². The van der Waals surface area contributed by atoms with Crippen molar-refractivity contribution in [2.75, 3.05) is 7.05 Å². The maximum Gasteiger partial charge on any atom is 0.256 e. The molecule has 0 heterocycles. The van der Waals surface area contributed by atoms with Crippen molar-refractivity contribution in [2.45, 2.75) is 29.6 Å². The molecule has 0 radical (unpaired) electrons. The molecule has 0 bridgehead atoms. The molecule has 0 amide bonds. The predicted octanol–water partition coefficient (Wildman–Crippen LogP) is 2.79. The molecule has 0 aliphatic carbocycles. The van der Waals surface area contributed by atoms with E-state index in [1.54, 1.807) is 12.1 Å². The Kier molecular flexibility index (Phi) is 5.42. The van der Waals surface area contributed by atoms with Gasteiger partial charge in [-0.25, -0.2) is 21.2 Å². The van der Waals surface area contributed by atoms with Crippen molar-refractivity contribution >= 4 is 20.0 Å². The van der Waals surface area contributed by atoms with E-state index in [0.717, 1.165) is 49.7 Å². The first-order chi connectivity index (χ1) is 11.2. The molecule has 2 aromatic rings. The lowest BCUT2D eigenvalue weighted by Crippen LogP contribution is -2.33. The van der Waals surface area contributed by atoms with E-state index in [4.69, 9.17) is 0 Å². The van der Waals surface area contributed by atoms with Crippen LogP contribution in [0.15, 0.2) is 58.3 Å². The molecule has 0 N–H and O–H groups in total. The molecule has 0 aliphatic rings. The van der Waals surface area contributed by atoms with Crippen LogP contribution in [-0.4, -0.2) is 27.6 Å². The van der Waals surface area contributed by atoms with Gasteiger partial charge < -0.3 is 0 Å². The Morgan fingerprint density at radius 3 is 1.67 bits per heavy atom. The second kappa shape index (κ2) is 7.00. The SMILES string of the molecule is CCCc1ccc(S(=O)(=O)N(C)S(=O)(=O)c2ccc(F)cc2)cc1. The molecule has 0 saturated heterocycles. The Balaban J connectivity index is 2.39. The van der Waals surface area contributed by atoms with Crippen molar-refractivity contribution in [3.05, 3.63) is 59.9 Å². The summed E-state index contributed by atoms with van der Waals surface area (Å²) in [7, 11) is -7.57. The molecular formula is C16H18FNO4S2. The van der Waals surface area contributed by atoms with Crippen LogP contribution in [0.2, 0.25) is 0 Å². The van der Waals surface area contributed by atoms with Gasteiger partial charge >= 0.3 is 0 Å². The Hall–Kier alpha value is -1.77. The maximum atomic E-state index is 12.9. The van der Waals surface area contributed by atoms with Gasteiger partial charge in [0.2, 0.25) is 0 Å². The van der Waals surface area contributed by atoms with Gasteiger partial charge in [0.1, 0.15) is 5.82 Å². The standard InChI is InChI=1S/C16H18FNO4S2/c1-3-4-13-5-9-15(10-6-13)23(19,20)18(2)24(21,22)16-11-7-14(17)8-12-16/h5-12H,3-4H2,1-2H3. The summed E-state index contributed by atoms with van der Waals surface area (Å²) in [5.41, 5.74) is 0.973. The van der Waals surface area contributed by atoms with Crippen molar-refractivity contribution in [1.29, 1.82) is 0 Å². The Bertz CT molecular complexity index is 906. The number of hydrogen-bond donors (Lipinski definition) is 0. The summed E-state index contributed by atoms with van der Waals surface area (Å²) in [6.45, 7) is 2.01. The molecule has 0 atom stereocenters. The minimum Gasteiger partial charge on any atom is -0.207 e. The summed E-state index contributed by atoms with van der Waals surface area (Å²) in [4.78, 5) is -0.409. The largest absolute Gasteiger partial charge is 0.256 e. The number of halogens is 1. The average molecular weight is 371 g/mol. The number of benzene rings is 2. The highest BCUT2D eigenvalue weighted by Crippen LogP contribution is 2.23. The minimum absolute atomic E-state index is 0.115. The third-order valence-corrected chi connectivity index (χ3v) is 7.82. The van der Waals surface area contributed by atoms with Crippen LogP contribution in [-0.2, 0) is 26.5 Å². The van der Waals surface area contributed by atoms with Gasteiger partial charge in [-0.2, -0.15) is 0 Å². The van der Waals surface area contributed by atoms with E-state index >= 15 is 0 Å². The highest BCUT2D eigenvalue weighted by atomic mass is 32.3. The number of rotatable bonds is 6. The topological polar surface area (TPSA) is 71.5 Å². The highest BCUT2D eigenvalue weighted by molar-refractivity contribution is 8.04. The average Bonchev–Trinajstić information content (AvgIpc) is 2.55. The molecule has 2 rings (SSSR count). The van der Waals surface area contributed by atoms with Gasteiger partial charge in [0.25, 0.3) is 20.0 Å². The van der Waals surface area contributed by atoms with Crippen LogP contribution in [0.5, 0.6) is 0 Å². The van der Waals surface area contributed by atoms with Crippen LogP contribution in [0.4, 0.5) is 4.39 Å². The summed E-state index contributed by atoms with van der Waals surface area (Å²) in [5.74, 6) is -0.606. The van der Waals surface area contributed by atoms with E-state index in [1.165, 1.54) is 12.1 Å². The van der Waals surface area contributed by atoms with E-state index in [-0.39, 0.29) is 9.79 Å². The molecule has 2 aromatic carbocycles. The second-order valence-corrected chi connectivity index (χ2v) is 9.41. The fourth-order valence-electron chi connectivity index (χ4n) is 2.15. The summed E-state index contributed by atoms with van der Waals surface area (Å²) in [6.07, 6.45) is 1.73. The molecule has 24 heavy (non-hydrogen) atoms. The zero-order valence-corrected chi connectivity index (χ0v) is 14.9. The van der Waals surface area contributed by atoms with Crippen LogP contribution >= 0.6 is 0 Å². The molecule has 0 fully saturated rings. The van der Waals surface area contributed by atoms with Crippen molar-refractivity contribution in [3.8, 4) is 0 Å². The zero-order chi connectivity index (χ0) is 18.0. The molecule has 5 nitrogen and oxygen atoms in total. The third-order valence-electron chi connectivity index (χ3n) is 3.55. The fourth-order valence-corrected chi connectivity index (χ4v) is 5.25. The van der Waals surface area contributed by atoms with E-state index in [1.807, 2.05) is 6.92 Å². The minimum atomic E-state index is -4.30. The van der Waals surface area contributed by atoms with Crippen LogP contribution in [0.1, 0.15) is 18.9 Å². The predicted molar refractivity (Wildman–Crippen MR) is 89.0 cm³/mol. The van der Waals surface area contributed by atoms with Crippen LogP contribution < -0.4 is 0 Å². The second-order valence-electron chi connectivity index (χ2n) is 5.24. The van der Waals surface area contributed by atoms with E-state index < -0.39 is 25.9 Å². The van der Waals surface area contributed by atoms with E-state index in [9.17, 15) is 21.2 Å². The molecule has 0 unspecified atom stereocenters. The van der Waals surface area contributed by atoms with Gasteiger partial charge in [0, 0.05) is 7.05 Å². The third kappa shape index (κ3) is 3.66. The number of sulfonamides is 2. The van der Waals surface area contributed by atoms with Gasteiger partial charge in [-0.1, -0.05) is 29.2 Å². The number of aryl methyl sites for hydroxylation is 1. The summed E-state index contributed by atoms with van der Waals surface area (Å²) < 4.78 is 63.3. The highest BCUT2D eigenvalue weighted by Gasteiger charge is 2.32.